The summed E-state index contributed by atoms with van der Waals surface area (Å²) in [5, 5.41) is 9.16. The molecule has 0 fully saturated rings. The Hall–Kier alpha value is -0.900. The zero-order valence-electron chi connectivity index (χ0n) is 9.59. The third-order valence-corrected chi connectivity index (χ3v) is 2.24. The molecule has 0 aliphatic carbocycles. The van der Waals surface area contributed by atoms with Gasteiger partial charge < -0.3 is 10.0 Å². The number of aliphatic hydroxyl groups is 1. The van der Waals surface area contributed by atoms with Gasteiger partial charge in [0.15, 0.2) is 5.78 Å². The molecule has 0 aromatic heterocycles. The quantitative estimate of drug-likeness (QED) is 0.796. The van der Waals surface area contributed by atoms with Crippen molar-refractivity contribution in [1.82, 2.24) is 4.90 Å². The Kier molecular flexibility index (Phi) is 6.97. The number of rotatable bonds is 5. The van der Waals surface area contributed by atoms with Crippen LogP contribution in [-0.2, 0) is 0 Å². The van der Waals surface area contributed by atoms with E-state index in [4.69, 9.17) is 5.11 Å². The second kappa shape index (κ2) is 7.39. The van der Waals surface area contributed by atoms with Crippen LogP contribution in [0, 0.1) is 5.92 Å². The maximum atomic E-state index is 11.9. The van der Waals surface area contributed by atoms with Crippen LogP contribution in [0.25, 0.3) is 0 Å². The van der Waals surface area contributed by atoms with E-state index in [1.807, 2.05) is 37.2 Å². The lowest BCUT2D eigenvalue weighted by atomic mass is 9.98. The highest BCUT2D eigenvalue weighted by molar-refractivity contribution is 5.98. The van der Waals surface area contributed by atoms with E-state index in [9.17, 15) is 4.79 Å². The van der Waals surface area contributed by atoms with Crippen LogP contribution in [-0.4, -0.2) is 43.0 Å². The van der Waals surface area contributed by atoms with Crippen LogP contribution < -0.4 is 0 Å². The summed E-state index contributed by atoms with van der Waals surface area (Å²) < 4.78 is 0. The molecule has 90 valence electrons. The van der Waals surface area contributed by atoms with Gasteiger partial charge in [0.2, 0.25) is 0 Å². The first kappa shape index (κ1) is 15.1. The van der Waals surface area contributed by atoms with Crippen LogP contribution in [0.15, 0.2) is 30.3 Å². The van der Waals surface area contributed by atoms with E-state index in [-0.39, 0.29) is 30.7 Å². The molecular formula is C12H18ClNO2. The Morgan fingerprint density at radius 2 is 1.88 bits per heavy atom. The number of aliphatic hydroxyl groups excluding tert-OH is 1. The predicted molar refractivity (Wildman–Crippen MR) is 67.2 cm³/mol. The molecule has 1 aromatic carbocycles. The molecular weight excluding hydrogens is 226 g/mol. The van der Waals surface area contributed by atoms with Gasteiger partial charge in [-0.3, -0.25) is 4.79 Å². The zero-order chi connectivity index (χ0) is 11.3. The molecule has 4 heteroatoms. The Morgan fingerprint density at radius 3 is 2.31 bits per heavy atom. The maximum Gasteiger partial charge on any atom is 0.169 e. The van der Waals surface area contributed by atoms with Crippen molar-refractivity contribution in [3.8, 4) is 0 Å². The smallest absolute Gasteiger partial charge is 0.169 e. The maximum absolute atomic E-state index is 11.9. The van der Waals surface area contributed by atoms with Crippen molar-refractivity contribution in [3.05, 3.63) is 35.9 Å². The molecule has 0 saturated heterocycles. The van der Waals surface area contributed by atoms with Crippen LogP contribution in [0.3, 0.4) is 0 Å². The van der Waals surface area contributed by atoms with Crippen molar-refractivity contribution >= 4 is 18.2 Å². The zero-order valence-corrected chi connectivity index (χ0v) is 10.4. The largest absolute Gasteiger partial charge is 0.396 e. The second-order valence-corrected chi connectivity index (χ2v) is 3.87. The Bertz CT molecular complexity index is 314. The molecule has 0 aliphatic rings. The molecule has 16 heavy (non-hydrogen) atoms. The predicted octanol–water partition coefficient (Wildman–Crippen LogP) is 1.46. The summed E-state index contributed by atoms with van der Waals surface area (Å²) >= 11 is 0. The van der Waals surface area contributed by atoms with Gasteiger partial charge in [-0.05, 0) is 14.1 Å². The van der Waals surface area contributed by atoms with Gasteiger partial charge in [-0.1, -0.05) is 30.3 Å². The fourth-order valence-electron chi connectivity index (χ4n) is 1.50. The summed E-state index contributed by atoms with van der Waals surface area (Å²) in [7, 11) is 3.78. The minimum atomic E-state index is -0.331. The highest BCUT2D eigenvalue weighted by Crippen LogP contribution is 2.09. The third-order valence-electron chi connectivity index (χ3n) is 2.24. The second-order valence-electron chi connectivity index (χ2n) is 3.87. The number of hydrogen-bond donors (Lipinski definition) is 1. The number of carbonyl (C=O) groups is 1. The Morgan fingerprint density at radius 1 is 1.31 bits per heavy atom. The average Bonchev–Trinajstić information content (AvgIpc) is 2.26. The van der Waals surface area contributed by atoms with Crippen LogP contribution in [0.2, 0.25) is 0 Å². The molecule has 1 atom stereocenters. The van der Waals surface area contributed by atoms with Gasteiger partial charge in [-0.15, -0.1) is 12.4 Å². The Labute approximate surface area is 102 Å². The molecule has 1 N–H and O–H groups in total. The van der Waals surface area contributed by atoms with Crippen molar-refractivity contribution in [2.24, 2.45) is 5.92 Å². The van der Waals surface area contributed by atoms with E-state index in [1.54, 1.807) is 12.1 Å². The summed E-state index contributed by atoms with van der Waals surface area (Å²) in [4.78, 5) is 13.8. The molecule has 0 radical (unpaired) electrons. The van der Waals surface area contributed by atoms with E-state index in [1.165, 1.54) is 0 Å². The third kappa shape index (κ3) is 4.31. The molecule has 0 spiro atoms. The van der Waals surface area contributed by atoms with Crippen LogP contribution >= 0.6 is 12.4 Å². The summed E-state index contributed by atoms with van der Waals surface area (Å²) in [6, 6.07) is 9.09. The average molecular weight is 244 g/mol. The molecule has 1 unspecified atom stereocenters. The first-order valence-electron chi connectivity index (χ1n) is 5.00. The van der Waals surface area contributed by atoms with Crippen molar-refractivity contribution in [1.29, 1.82) is 0 Å². The standard InChI is InChI=1S/C12H17NO2.ClH/c1-13(2)8-11(9-14)12(15)10-6-4-3-5-7-10;/h3-7,11,14H,8-9H2,1-2H3;1H. The van der Waals surface area contributed by atoms with Crippen molar-refractivity contribution in [2.75, 3.05) is 27.2 Å². The van der Waals surface area contributed by atoms with Crippen molar-refractivity contribution in [3.63, 3.8) is 0 Å². The summed E-state index contributed by atoms with van der Waals surface area (Å²) in [6.07, 6.45) is 0. The van der Waals surface area contributed by atoms with Gasteiger partial charge in [0, 0.05) is 12.1 Å². The van der Waals surface area contributed by atoms with Gasteiger partial charge in [-0.25, -0.2) is 0 Å². The van der Waals surface area contributed by atoms with E-state index in [0.29, 0.717) is 12.1 Å². The normalized spacial score (nSPS) is 12.0. The summed E-state index contributed by atoms with van der Waals surface area (Å²) in [5.41, 5.74) is 0.665. The molecule has 1 aromatic rings. The molecule has 1 rings (SSSR count). The molecule has 0 saturated carbocycles. The van der Waals surface area contributed by atoms with Crippen LogP contribution in [0.4, 0.5) is 0 Å². The van der Waals surface area contributed by atoms with Gasteiger partial charge in [0.1, 0.15) is 0 Å². The fraction of sp³-hybridized carbons (Fsp3) is 0.417. The summed E-state index contributed by atoms with van der Waals surface area (Å²) in [5.74, 6) is -0.325. The number of nitrogens with zero attached hydrogens (tertiary/aromatic N) is 1. The first-order valence-corrected chi connectivity index (χ1v) is 5.00. The minimum Gasteiger partial charge on any atom is -0.396 e. The van der Waals surface area contributed by atoms with Gasteiger partial charge in [0.05, 0.1) is 12.5 Å². The lowest BCUT2D eigenvalue weighted by Crippen LogP contribution is -2.30. The number of Topliss-reactive ketones (excluding diaryl/α,β-unsaturated/α-hetero) is 1. The number of carbonyl (C=O) groups excluding carboxylic acids is 1. The number of halogens is 1. The molecule has 3 nitrogen and oxygen atoms in total. The van der Waals surface area contributed by atoms with Gasteiger partial charge >= 0.3 is 0 Å². The monoisotopic (exact) mass is 243 g/mol. The molecule has 0 bridgehead atoms. The SMILES string of the molecule is CN(C)CC(CO)C(=O)c1ccccc1.Cl. The number of hydrogen-bond acceptors (Lipinski definition) is 3. The highest BCUT2D eigenvalue weighted by Gasteiger charge is 2.19. The van der Waals surface area contributed by atoms with E-state index >= 15 is 0 Å². The minimum absolute atomic E-state index is 0. The van der Waals surface area contributed by atoms with E-state index in [2.05, 4.69) is 0 Å². The number of benzene rings is 1. The molecule has 0 heterocycles. The van der Waals surface area contributed by atoms with E-state index < -0.39 is 0 Å². The topological polar surface area (TPSA) is 40.5 Å². The summed E-state index contributed by atoms with van der Waals surface area (Å²) in [6.45, 7) is 0.468. The first-order chi connectivity index (χ1) is 7.15. The van der Waals surface area contributed by atoms with Crippen LogP contribution in [0.5, 0.6) is 0 Å². The van der Waals surface area contributed by atoms with Gasteiger partial charge in [-0.2, -0.15) is 0 Å². The van der Waals surface area contributed by atoms with E-state index in [0.717, 1.165) is 0 Å². The highest BCUT2D eigenvalue weighted by atomic mass is 35.5. The van der Waals surface area contributed by atoms with Crippen LogP contribution in [0.1, 0.15) is 10.4 Å². The van der Waals surface area contributed by atoms with Crippen molar-refractivity contribution < 1.29 is 9.90 Å². The number of ketones is 1. The van der Waals surface area contributed by atoms with Crippen molar-refractivity contribution in [2.45, 2.75) is 0 Å². The van der Waals surface area contributed by atoms with Gasteiger partial charge in [0.25, 0.3) is 0 Å². The molecule has 0 amide bonds. The lowest BCUT2D eigenvalue weighted by molar-refractivity contribution is 0.0826. The fourth-order valence-corrected chi connectivity index (χ4v) is 1.50. The Balaban J connectivity index is 0.00000225. The molecule has 0 aliphatic heterocycles. The lowest BCUT2D eigenvalue weighted by Gasteiger charge is -2.17.